The number of hydrogen-bond acceptors (Lipinski definition) is 4. The molecular weight excluding hydrogens is 232 g/mol. The number of benzene rings is 1. The second-order valence-electron chi connectivity index (χ2n) is 3.46. The summed E-state index contributed by atoms with van der Waals surface area (Å²) in [7, 11) is 1.23. The van der Waals surface area contributed by atoms with Crippen LogP contribution in [0, 0.1) is 11.3 Å². The first-order valence-corrected chi connectivity index (χ1v) is 5.14. The van der Waals surface area contributed by atoms with Crippen molar-refractivity contribution in [2.75, 3.05) is 7.11 Å². The molecule has 0 radical (unpaired) electrons. The van der Waals surface area contributed by atoms with Gasteiger partial charge in [-0.25, -0.2) is 4.79 Å². The van der Waals surface area contributed by atoms with E-state index in [1.165, 1.54) is 20.1 Å². The quantitative estimate of drug-likeness (QED) is 0.640. The first-order valence-electron chi connectivity index (χ1n) is 5.14. The first-order chi connectivity index (χ1) is 8.56. The van der Waals surface area contributed by atoms with Gasteiger partial charge in [-0.05, 0) is 23.8 Å². The number of hydrogen-bond donors (Lipinski definition) is 1. The molecule has 1 aromatic rings. The van der Waals surface area contributed by atoms with Gasteiger partial charge in [-0.15, -0.1) is 0 Å². The molecule has 92 valence electrons. The summed E-state index contributed by atoms with van der Waals surface area (Å²) in [5, 5.41) is 11.0. The number of carbonyl (C=O) groups is 2. The van der Waals surface area contributed by atoms with E-state index < -0.39 is 5.97 Å². The number of carbonyl (C=O) groups excluding carboxylic acids is 2. The van der Waals surface area contributed by atoms with Gasteiger partial charge in [0.2, 0.25) is 5.91 Å². The van der Waals surface area contributed by atoms with Crippen molar-refractivity contribution in [3.8, 4) is 6.07 Å². The molecule has 5 nitrogen and oxygen atoms in total. The Morgan fingerprint density at radius 3 is 2.39 bits per heavy atom. The summed E-state index contributed by atoms with van der Waals surface area (Å²) < 4.78 is 4.56. The van der Waals surface area contributed by atoms with Gasteiger partial charge in [0.1, 0.15) is 5.70 Å². The lowest BCUT2D eigenvalue weighted by molar-refractivity contribution is -0.137. The number of amides is 1. The molecule has 0 saturated carbocycles. The van der Waals surface area contributed by atoms with Crippen LogP contribution in [0.2, 0.25) is 0 Å². The van der Waals surface area contributed by atoms with E-state index in [1.54, 1.807) is 24.3 Å². The van der Waals surface area contributed by atoms with Gasteiger partial charge in [0.25, 0.3) is 0 Å². The number of nitriles is 1. The standard InChI is InChI=1S/C13H12N2O3/c1-9(16)15-12(13(17)18-2)7-10-3-5-11(8-14)6-4-10/h3-7H,1-2H3,(H,15,16). The van der Waals surface area contributed by atoms with Crippen LogP contribution in [0.15, 0.2) is 30.0 Å². The highest BCUT2D eigenvalue weighted by Gasteiger charge is 2.10. The maximum absolute atomic E-state index is 11.4. The number of ether oxygens (including phenoxy) is 1. The summed E-state index contributed by atoms with van der Waals surface area (Å²) in [5.74, 6) is -0.991. The minimum absolute atomic E-state index is 0.0507. The van der Waals surface area contributed by atoms with E-state index in [0.717, 1.165) is 0 Å². The third kappa shape index (κ3) is 3.76. The number of esters is 1. The van der Waals surface area contributed by atoms with Crippen molar-refractivity contribution >= 4 is 18.0 Å². The molecule has 0 aliphatic heterocycles. The summed E-state index contributed by atoms with van der Waals surface area (Å²) in [6.07, 6.45) is 1.48. The van der Waals surface area contributed by atoms with Crippen LogP contribution in [0.3, 0.4) is 0 Å². The fourth-order valence-corrected chi connectivity index (χ4v) is 1.27. The summed E-state index contributed by atoms with van der Waals surface area (Å²) in [5.41, 5.74) is 1.25. The third-order valence-corrected chi connectivity index (χ3v) is 2.07. The van der Waals surface area contributed by atoms with E-state index in [0.29, 0.717) is 11.1 Å². The van der Waals surface area contributed by atoms with Crippen LogP contribution in [-0.4, -0.2) is 19.0 Å². The van der Waals surface area contributed by atoms with Crippen LogP contribution >= 0.6 is 0 Å². The molecular formula is C13H12N2O3. The van der Waals surface area contributed by atoms with Crippen molar-refractivity contribution in [1.29, 1.82) is 5.26 Å². The predicted octanol–water partition coefficient (Wildman–Crippen LogP) is 1.21. The molecule has 1 amide bonds. The zero-order valence-electron chi connectivity index (χ0n) is 10.1. The minimum atomic E-state index is -0.630. The number of rotatable bonds is 3. The molecule has 18 heavy (non-hydrogen) atoms. The number of nitrogens with one attached hydrogen (secondary N) is 1. The molecule has 0 aliphatic rings. The molecule has 5 heteroatoms. The fraction of sp³-hybridized carbons (Fsp3) is 0.154. The Morgan fingerprint density at radius 1 is 1.33 bits per heavy atom. The monoisotopic (exact) mass is 244 g/mol. The van der Waals surface area contributed by atoms with Crippen LogP contribution < -0.4 is 5.32 Å². The molecule has 0 saturated heterocycles. The van der Waals surface area contributed by atoms with Crippen molar-refractivity contribution in [1.82, 2.24) is 5.32 Å². The van der Waals surface area contributed by atoms with Crippen molar-refractivity contribution in [2.24, 2.45) is 0 Å². The van der Waals surface area contributed by atoms with Gasteiger partial charge in [-0.2, -0.15) is 5.26 Å². The van der Waals surface area contributed by atoms with Gasteiger partial charge >= 0.3 is 5.97 Å². The Labute approximate surface area is 105 Å². The largest absolute Gasteiger partial charge is 0.464 e. The second kappa shape index (κ2) is 6.21. The Balaban J connectivity index is 3.03. The molecule has 0 aliphatic carbocycles. The van der Waals surface area contributed by atoms with Crippen molar-refractivity contribution in [2.45, 2.75) is 6.92 Å². The topological polar surface area (TPSA) is 79.2 Å². The summed E-state index contributed by atoms with van der Waals surface area (Å²) in [4.78, 5) is 22.4. The highest BCUT2D eigenvalue weighted by Crippen LogP contribution is 2.08. The summed E-state index contributed by atoms with van der Waals surface area (Å²) in [6, 6.07) is 8.57. The molecule has 0 atom stereocenters. The second-order valence-corrected chi connectivity index (χ2v) is 3.46. The molecule has 0 bridgehead atoms. The van der Waals surface area contributed by atoms with Gasteiger partial charge in [0.05, 0.1) is 18.7 Å². The lowest BCUT2D eigenvalue weighted by Gasteiger charge is -2.05. The normalized spacial score (nSPS) is 10.4. The number of methoxy groups -OCH3 is 1. The fourth-order valence-electron chi connectivity index (χ4n) is 1.27. The van der Waals surface area contributed by atoms with Gasteiger partial charge in [0, 0.05) is 6.92 Å². The van der Waals surface area contributed by atoms with Crippen LogP contribution in [0.25, 0.3) is 6.08 Å². The maximum atomic E-state index is 11.4. The molecule has 0 heterocycles. The molecule has 1 N–H and O–H groups in total. The molecule has 0 spiro atoms. The van der Waals surface area contributed by atoms with Crippen molar-refractivity contribution < 1.29 is 14.3 Å². The smallest absolute Gasteiger partial charge is 0.354 e. The average molecular weight is 244 g/mol. The van der Waals surface area contributed by atoms with Crippen LogP contribution in [0.4, 0.5) is 0 Å². The highest BCUT2D eigenvalue weighted by molar-refractivity contribution is 5.97. The van der Waals surface area contributed by atoms with Crippen LogP contribution in [0.5, 0.6) is 0 Å². The van der Waals surface area contributed by atoms with E-state index in [9.17, 15) is 9.59 Å². The lowest BCUT2D eigenvalue weighted by atomic mass is 10.1. The van der Waals surface area contributed by atoms with Crippen LogP contribution in [0.1, 0.15) is 18.1 Å². The Kier molecular flexibility index (Phi) is 4.64. The maximum Gasteiger partial charge on any atom is 0.354 e. The highest BCUT2D eigenvalue weighted by atomic mass is 16.5. The van der Waals surface area contributed by atoms with E-state index in [2.05, 4.69) is 10.1 Å². The molecule has 1 aromatic carbocycles. The predicted molar refractivity (Wildman–Crippen MR) is 65.0 cm³/mol. The molecule has 1 rings (SSSR count). The average Bonchev–Trinajstić information content (AvgIpc) is 2.37. The van der Waals surface area contributed by atoms with Crippen LogP contribution in [-0.2, 0) is 14.3 Å². The third-order valence-electron chi connectivity index (χ3n) is 2.07. The Morgan fingerprint density at radius 2 is 1.94 bits per heavy atom. The van der Waals surface area contributed by atoms with E-state index in [4.69, 9.17) is 5.26 Å². The van der Waals surface area contributed by atoms with Crippen molar-refractivity contribution in [3.63, 3.8) is 0 Å². The molecule has 0 aromatic heterocycles. The van der Waals surface area contributed by atoms with E-state index >= 15 is 0 Å². The SMILES string of the molecule is COC(=O)C(=Cc1ccc(C#N)cc1)NC(C)=O. The lowest BCUT2D eigenvalue weighted by Crippen LogP contribution is -2.25. The summed E-state index contributed by atoms with van der Waals surface area (Å²) in [6.45, 7) is 1.30. The van der Waals surface area contributed by atoms with Gasteiger partial charge in [0.15, 0.2) is 0 Å². The van der Waals surface area contributed by atoms with Crippen molar-refractivity contribution in [3.05, 3.63) is 41.1 Å². The van der Waals surface area contributed by atoms with Gasteiger partial charge in [-0.1, -0.05) is 12.1 Å². The minimum Gasteiger partial charge on any atom is -0.464 e. The van der Waals surface area contributed by atoms with Gasteiger partial charge in [-0.3, -0.25) is 4.79 Å². The zero-order chi connectivity index (χ0) is 13.5. The number of nitrogens with zero attached hydrogens (tertiary/aromatic N) is 1. The van der Waals surface area contributed by atoms with E-state index in [1.807, 2.05) is 6.07 Å². The summed E-state index contributed by atoms with van der Waals surface area (Å²) >= 11 is 0. The first kappa shape index (κ1) is 13.5. The van der Waals surface area contributed by atoms with E-state index in [-0.39, 0.29) is 11.6 Å². The van der Waals surface area contributed by atoms with Gasteiger partial charge < -0.3 is 10.1 Å². The Hall–Kier alpha value is -2.61. The Bertz CT molecular complexity index is 524. The molecule has 0 unspecified atom stereocenters. The zero-order valence-corrected chi connectivity index (χ0v) is 10.1. The molecule has 0 fully saturated rings.